The number of H-pyrrole nitrogens is 2. The lowest BCUT2D eigenvalue weighted by Gasteiger charge is -2.18. The predicted molar refractivity (Wildman–Crippen MR) is 124 cm³/mol. The van der Waals surface area contributed by atoms with E-state index in [4.69, 9.17) is 15.0 Å². The molecule has 5 rings (SSSR count). The smallest absolute Gasteiger partial charge is 0.387 e. The summed E-state index contributed by atoms with van der Waals surface area (Å²) in [7, 11) is -4.23. The van der Waals surface area contributed by atoms with Gasteiger partial charge in [0.1, 0.15) is 18.3 Å². The molecule has 1 aromatic carbocycles. The van der Waals surface area contributed by atoms with Crippen LogP contribution in [0.4, 0.5) is 5.95 Å². The number of benzene rings is 1. The van der Waals surface area contributed by atoms with E-state index >= 15 is 0 Å². The maximum absolute atomic E-state index is 12.4. The topological polar surface area (TPSA) is 214 Å². The van der Waals surface area contributed by atoms with Crippen molar-refractivity contribution >= 4 is 35.8 Å². The number of aliphatic hydroxyl groups excluding tert-OH is 2. The van der Waals surface area contributed by atoms with Crippen LogP contribution in [0.5, 0.6) is 0 Å². The molecule has 0 saturated carbocycles. The highest BCUT2D eigenvalue weighted by atomic mass is 31.2. The number of nitrogens with zero attached hydrogens (tertiary/aromatic N) is 3. The van der Waals surface area contributed by atoms with Crippen LogP contribution in [-0.4, -0.2) is 71.1 Å². The number of hydrogen-bond donors (Lipinski definition) is 7. The average molecular weight is 505 g/mol. The fourth-order valence-corrected chi connectivity index (χ4v) is 4.95. The Morgan fingerprint density at radius 1 is 1.29 bits per heavy atom. The number of nitrogens with two attached hydrogens (primary N) is 1. The number of rotatable bonds is 8. The maximum atomic E-state index is 12.4. The van der Waals surface area contributed by atoms with E-state index in [9.17, 15) is 24.5 Å². The van der Waals surface area contributed by atoms with Gasteiger partial charge < -0.3 is 30.6 Å². The van der Waals surface area contributed by atoms with Gasteiger partial charge in [-0.25, -0.2) is 14.6 Å². The van der Waals surface area contributed by atoms with E-state index < -0.39 is 44.5 Å². The van der Waals surface area contributed by atoms with Crippen molar-refractivity contribution in [2.24, 2.45) is 0 Å². The maximum Gasteiger partial charge on any atom is 0.403 e. The van der Waals surface area contributed by atoms with Gasteiger partial charge in [-0.15, -0.1) is 0 Å². The molecule has 35 heavy (non-hydrogen) atoms. The van der Waals surface area contributed by atoms with Crippen molar-refractivity contribution in [3.05, 3.63) is 52.7 Å². The summed E-state index contributed by atoms with van der Waals surface area (Å²) in [4.78, 5) is 35.6. The molecule has 0 aliphatic carbocycles. The van der Waals surface area contributed by atoms with Crippen LogP contribution in [0, 0.1) is 0 Å². The lowest BCUT2D eigenvalue weighted by Crippen LogP contribution is -2.34. The molecule has 1 aliphatic rings. The van der Waals surface area contributed by atoms with E-state index in [1.54, 1.807) is 0 Å². The van der Waals surface area contributed by atoms with Gasteiger partial charge in [-0.1, -0.05) is 18.2 Å². The van der Waals surface area contributed by atoms with E-state index in [1.165, 1.54) is 10.9 Å². The molecule has 1 aliphatic heterocycles. The number of nitrogen functional groups attached to an aromatic ring is 1. The Morgan fingerprint density at radius 2 is 2.09 bits per heavy atom. The number of imidazole rings is 1. The molecule has 186 valence electrons. The van der Waals surface area contributed by atoms with E-state index in [0.717, 1.165) is 16.5 Å². The van der Waals surface area contributed by atoms with Crippen LogP contribution in [0.1, 0.15) is 11.8 Å². The number of ether oxygens (including phenoxy) is 1. The summed E-state index contributed by atoms with van der Waals surface area (Å²) in [5.41, 5.74) is 7.00. The minimum Gasteiger partial charge on any atom is -0.387 e. The third-order valence-corrected chi connectivity index (χ3v) is 6.98. The molecular weight excluding hydrogens is 481 g/mol. The molecule has 8 N–H and O–H groups in total. The van der Waals surface area contributed by atoms with E-state index in [-0.39, 0.29) is 23.7 Å². The number of fused-ring (bicyclic) bond motifs is 2. The average Bonchev–Trinajstić information content (AvgIpc) is 3.50. The fraction of sp³-hybridized carbons (Fsp3) is 0.350. The van der Waals surface area contributed by atoms with Gasteiger partial charge in [-0.05, 0) is 18.1 Å². The number of nitrogens with one attached hydrogen (secondary N) is 3. The third-order valence-electron chi connectivity index (χ3n) is 5.86. The summed E-state index contributed by atoms with van der Waals surface area (Å²) in [5.74, 6) is -0.155. The molecule has 0 bridgehead atoms. The molecule has 5 atom stereocenters. The Hall–Kier alpha value is -3.10. The molecular formula is C20H24N7O7P. The van der Waals surface area contributed by atoms with Crippen LogP contribution in [0.2, 0.25) is 0 Å². The van der Waals surface area contributed by atoms with Crippen LogP contribution in [0.25, 0.3) is 22.1 Å². The SMILES string of the molecule is Nc1nc2c(ncn2[C@@H]2O[C@H](COP(=O)(O)NCCc3c[nH]c4ccccc34)[C@@H](O)[C@H]2O)c(=O)[nH]1. The van der Waals surface area contributed by atoms with Gasteiger partial charge in [0.15, 0.2) is 17.4 Å². The molecule has 14 nitrogen and oxygen atoms in total. The summed E-state index contributed by atoms with van der Waals surface area (Å²) >= 11 is 0. The Morgan fingerprint density at radius 3 is 2.91 bits per heavy atom. The van der Waals surface area contributed by atoms with Gasteiger partial charge in [0.05, 0.1) is 12.9 Å². The summed E-state index contributed by atoms with van der Waals surface area (Å²) in [6.07, 6.45) is -1.66. The second kappa shape index (κ2) is 9.17. The predicted octanol–water partition coefficient (Wildman–Crippen LogP) is -0.248. The first-order valence-electron chi connectivity index (χ1n) is 10.7. The van der Waals surface area contributed by atoms with Crippen LogP contribution >= 0.6 is 7.75 Å². The van der Waals surface area contributed by atoms with E-state index in [0.29, 0.717) is 6.42 Å². The Labute approximate surface area is 197 Å². The van der Waals surface area contributed by atoms with Crippen LogP contribution in [0.15, 0.2) is 41.6 Å². The molecule has 1 unspecified atom stereocenters. The molecule has 15 heteroatoms. The van der Waals surface area contributed by atoms with Gasteiger partial charge in [0.2, 0.25) is 5.95 Å². The number of para-hydroxylation sites is 1. The first-order chi connectivity index (χ1) is 16.7. The first kappa shape index (κ1) is 23.6. The van der Waals surface area contributed by atoms with Crippen LogP contribution in [-0.2, 0) is 20.2 Å². The van der Waals surface area contributed by atoms with Gasteiger partial charge in [-0.3, -0.25) is 18.9 Å². The van der Waals surface area contributed by atoms with Crippen molar-refractivity contribution in [3.63, 3.8) is 0 Å². The zero-order valence-electron chi connectivity index (χ0n) is 18.2. The number of hydrogen-bond acceptors (Lipinski definition) is 9. The van der Waals surface area contributed by atoms with E-state index in [1.807, 2.05) is 30.5 Å². The molecule has 0 amide bonds. The minimum absolute atomic E-state index is 0.0246. The normalized spacial score (nSPS) is 24.3. The number of anilines is 1. The second-order valence-electron chi connectivity index (χ2n) is 8.16. The van der Waals surface area contributed by atoms with Crippen molar-refractivity contribution in [2.45, 2.75) is 31.0 Å². The lowest BCUT2D eigenvalue weighted by atomic mass is 10.1. The van der Waals surface area contributed by atoms with E-state index in [2.05, 4.69) is 25.0 Å². The van der Waals surface area contributed by atoms with Crippen LogP contribution < -0.4 is 16.4 Å². The van der Waals surface area contributed by atoms with Crippen molar-refractivity contribution in [1.82, 2.24) is 29.6 Å². The molecule has 4 aromatic rings. The summed E-state index contributed by atoms with van der Waals surface area (Å²) in [6, 6.07) is 7.73. The van der Waals surface area contributed by atoms with Crippen molar-refractivity contribution in [3.8, 4) is 0 Å². The lowest BCUT2D eigenvalue weighted by molar-refractivity contribution is -0.0487. The monoisotopic (exact) mass is 505 g/mol. The van der Waals surface area contributed by atoms with Crippen molar-refractivity contribution < 1.29 is 28.9 Å². The zero-order chi connectivity index (χ0) is 24.7. The molecule has 4 heterocycles. The molecule has 0 spiro atoms. The Kier molecular flexibility index (Phi) is 6.19. The highest BCUT2D eigenvalue weighted by molar-refractivity contribution is 7.50. The third kappa shape index (κ3) is 4.60. The van der Waals surface area contributed by atoms with Crippen LogP contribution in [0.3, 0.4) is 0 Å². The first-order valence-corrected chi connectivity index (χ1v) is 12.3. The van der Waals surface area contributed by atoms with Crippen molar-refractivity contribution in [1.29, 1.82) is 0 Å². The fourth-order valence-electron chi connectivity index (χ4n) is 4.12. The molecule has 0 radical (unpaired) electrons. The van der Waals surface area contributed by atoms with Gasteiger partial charge in [-0.2, -0.15) is 4.98 Å². The number of aromatic amines is 2. The summed E-state index contributed by atoms with van der Waals surface area (Å²) in [5, 5.41) is 24.4. The number of aliphatic hydroxyl groups is 2. The highest BCUT2D eigenvalue weighted by Crippen LogP contribution is 2.39. The standard InChI is InChI=1S/C20H24N7O7P/c21-20-25-17-14(18(30)26-20)23-9-27(17)19-16(29)15(28)13(34-19)8-33-35(31,32)24-6-5-10-7-22-12-4-2-1-3-11(10)12/h1-4,7,9,13,15-16,19,22,28-29H,5-6,8H2,(H2,24,31,32)(H3,21,25,26,30)/t13-,15-,16-,19-/m1/s1. The Balaban J connectivity index is 1.20. The summed E-state index contributed by atoms with van der Waals surface area (Å²) < 4.78 is 24.5. The quantitative estimate of drug-likeness (QED) is 0.155. The van der Waals surface area contributed by atoms with Gasteiger partial charge in [0, 0.05) is 23.6 Å². The van der Waals surface area contributed by atoms with Gasteiger partial charge >= 0.3 is 7.75 Å². The van der Waals surface area contributed by atoms with Crippen molar-refractivity contribution in [2.75, 3.05) is 18.9 Å². The summed E-state index contributed by atoms with van der Waals surface area (Å²) in [6.45, 7) is -0.316. The largest absolute Gasteiger partial charge is 0.403 e. The Bertz CT molecular complexity index is 1470. The molecule has 1 fully saturated rings. The molecule has 1 saturated heterocycles. The van der Waals surface area contributed by atoms with Gasteiger partial charge in [0.25, 0.3) is 5.56 Å². The second-order valence-corrected chi connectivity index (χ2v) is 9.77. The number of aromatic nitrogens is 5. The zero-order valence-corrected chi connectivity index (χ0v) is 19.1. The molecule has 3 aromatic heterocycles. The minimum atomic E-state index is -4.23. The highest BCUT2D eigenvalue weighted by Gasteiger charge is 2.45.